The first-order valence-corrected chi connectivity index (χ1v) is 14.7. The van der Waals surface area contributed by atoms with Crippen molar-refractivity contribution < 1.29 is 35.1 Å². The fourth-order valence-electron chi connectivity index (χ4n) is 4.98. The largest absolute Gasteiger partial charge is 0.490 e. The van der Waals surface area contributed by atoms with Crippen molar-refractivity contribution in [2.75, 3.05) is 24.7 Å². The Labute approximate surface area is 203 Å². The highest BCUT2D eigenvalue weighted by Crippen LogP contribution is 2.56. The highest BCUT2D eigenvalue weighted by Gasteiger charge is 2.61. The maximum atomic E-state index is 15.3. The van der Waals surface area contributed by atoms with Crippen LogP contribution in [0.4, 0.5) is 8.78 Å². The molecule has 1 saturated heterocycles. The summed E-state index contributed by atoms with van der Waals surface area (Å²) in [5, 5.41) is 0.333. The van der Waals surface area contributed by atoms with E-state index in [0.717, 1.165) is 12.1 Å². The molecule has 2 aromatic carbocycles. The van der Waals surface area contributed by atoms with Gasteiger partial charge in [0.2, 0.25) is 0 Å². The van der Waals surface area contributed by atoms with Gasteiger partial charge < -0.3 is 9.47 Å². The molecule has 2 heterocycles. The highest BCUT2D eigenvalue weighted by molar-refractivity contribution is 7.92. The quantitative estimate of drug-likeness (QED) is 0.526. The lowest BCUT2D eigenvalue weighted by atomic mass is 9.75. The molecule has 0 bridgehead atoms. The van der Waals surface area contributed by atoms with E-state index in [2.05, 4.69) is 0 Å². The molecule has 0 N–H and O–H groups in total. The smallest absolute Gasteiger partial charge is 0.189 e. The van der Waals surface area contributed by atoms with Crippen LogP contribution in [0.3, 0.4) is 0 Å². The highest BCUT2D eigenvalue weighted by atomic mass is 35.5. The van der Waals surface area contributed by atoms with Gasteiger partial charge in [-0.2, -0.15) is 0 Å². The summed E-state index contributed by atoms with van der Waals surface area (Å²) in [6.07, 6.45) is -0.355. The number of sulfone groups is 2. The molecule has 2 aromatic rings. The van der Waals surface area contributed by atoms with Crippen LogP contribution in [0.1, 0.15) is 31.7 Å². The molecule has 3 atom stereocenters. The average Bonchev–Trinajstić information content (AvgIpc) is 2.81. The Morgan fingerprint density at radius 1 is 1.06 bits per heavy atom. The summed E-state index contributed by atoms with van der Waals surface area (Å²) in [7, 11) is -7.52. The fourth-order valence-corrected chi connectivity index (χ4v) is 8.35. The monoisotopic (exact) mass is 534 g/mol. The van der Waals surface area contributed by atoms with E-state index in [4.69, 9.17) is 21.1 Å². The second kappa shape index (κ2) is 9.37. The second-order valence-electron chi connectivity index (χ2n) is 8.54. The molecule has 0 radical (unpaired) electrons. The first-order chi connectivity index (χ1) is 16.0. The first-order valence-electron chi connectivity index (χ1n) is 11.0. The summed E-state index contributed by atoms with van der Waals surface area (Å²) < 4.78 is 91.8. The molecule has 0 aromatic heterocycles. The Hall–Kier alpha value is -1.75. The molecule has 0 unspecified atom stereocenters. The van der Waals surface area contributed by atoms with Gasteiger partial charge in [0, 0.05) is 23.3 Å². The van der Waals surface area contributed by atoms with Crippen LogP contribution in [0.25, 0.3) is 0 Å². The van der Waals surface area contributed by atoms with Gasteiger partial charge in [0.1, 0.15) is 20.4 Å². The van der Waals surface area contributed by atoms with Gasteiger partial charge in [-0.05, 0) is 55.7 Å². The van der Waals surface area contributed by atoms with Crippen LogP contribution < -0.4 is 4.74 Å². The first kappa shape index (κ1) is 25.3. The summed E-state index contributed by atoms with van der Waals surface area (Å²) in [4.78, 5) is -0.0763. The van der Waals surface area contributed by atoms with Crippen molar-refractivity contribution in [3.05, 3.63) is 58.6 Å². The molecule has 34 heavy (non-hydrogen) atoms. The van der Waals surface area contributed by atoms with Crippen molar-refractivity contribution in [3.63, 3.8) is 0 Å². The van der Waals surface area contributed by atoms with Gasteiger partial charge in [-0.25, -0.2) is 25.6 Å². The molecule has 0 spiro atoms. The summed E-state index contributed by atoms with van der Waals surface area (Å²) in [5.74, 6) is -3.10. The Balaban J connectivity index is 1.85. The van der Waals surface area contributed by atoms with Gasteiger partial charge in [0.05, 0.1) is 28.9 Å². The molecule has 0 aliphatic carbocycles. The Morgan fingerprint density at radius 2 is 1.74 bits per heavy atom. The summed E-state index contributed by atoms with van der Waals surface area (Å²) in [6.45, 7) is 1.31. The molecule has 2 aliphatic rings. The van der Waals surface area contributed by atoms with Crippen molar-refractivity contribution in [1.29, 1.82) is 0 Å². The van der Waals surface area contributed by atoms with E-state index in [1.807, 2.05) is 0 Å². The third kappa shape index (κ3) is 4.23. The van der Waals surface area contributed by atoms with E-state index in [9.17, 15) is 21.2 Å². The van der Waals surface area contributed by atoms with Crippen LogP contribution in [-0.2, 0) is 29.2 Å². The van der Waals surface area contributed by atoms with E-state index in [0.29, 0.717) is 5.02 Å². The minimum atomic E-state index is -4.29. The number of rotatable bonds is 7. The van der Waals surface area contributed by atoms with Crippen LogP contribution in [0.5, 0.6) is 5.75 Å². The SMILES string of the molecule is CCS(=O)(=O)CCC[C@@H]1OCC[C@@]2(S(=O)(=O)c3ccc(Cl)cc3)c3c(F)ccc(F)c3OC[C@@H]12. The van der Waals surface area contributed by atoms with E-state index < -0.39 is 53.8 Å². The number of halogens is 3. The molecule has 0 amide bonds. The summed E-state index contributed by atoms with van der Waals surface area (Å²) in [5.41, 5.74) is -0.340. The molecule has 2 aliphatic heterocycles. The lowest BCUT2D eigenvalue weighted by Gasteiger charge is -2.50. The molecular formula is C23H25ClF2O6S2. The predicted octanol–water partition coefficient (Wildman–Crippen LogP) is 4.30. The third-order valence-corrected chi connectivity index (χ3v) is 11.3. The molecule has 1 fully saturated rings. The normalized spacial score (nSPS) is 24.7. The molecule has 4 rings (SSSR count). The molecule has 0 saturated carbocycles. The van der Waals surface area contributed by atoms with Gasteiger partial charge in [-0.3, -0.25) is 0 Å². The van der Waals surface area contributed by atoms with Crippen molar-refractivity contribution in [1.82, 2.24) is 0 Å². The lowest BCUT2D eigenvalue weighted by molar-refractivity contribution is -0.0759. The molecular weight excluding hydrogens is 510 g/mol. The second-order valence-corrected chi connectivity index (χ2v) is 13.7. The van der Waals surface area contributed by atoms with Crippen molar-refractivity contribution >= 4 is 31.3 Å². The number of hydrogen-bond donors (Lipinski definition) is 0. The molecule has 186 valence electrons. The van der Waals surface area contributed by atoms with Crippen LogP contribution in [-0.4, -0.2) is 47.7 Å². The van der Waals surface area contributed by atoms with E-state index in [1.165, 1.54) is 24.3 Å². The Kier molecular flexibility index (Phi) is 6.98. The van der Waals surface area contributed by atoms with E-state index in [-0.39, 0.29) is 54.4 Å². The van der Waals surface area contributed by atoms with Crippen molar-refractivity contribution in [3.8, 4) is 5.75 Å². The van der Waals surface area contributed by atoms with Crippen LogP contribution >= 0.6 is 11.6 Å². The average molecular weight is 535 g/mol. The number of benzene rings is 2. The zero-order valence-electron chi connectivity index (χ0n) is 18.5. The third-order valence-electron chi connectivity index (χ3n) is 6.73. The molecule has 11 heteroatoms. The molecule has 6 nitrogen and oxygen atoms in total. The Bertz CT molecular complexity index is 1280. The zero-order chi connectivity index (χ0) is 24.7. The number of hydrogen-bond acceptors (Lipinski definition) is 6. The fraction of sp³-hybridized carbons (Fsp3) is 0.478. The zero-order valence-corrected chi connectivity index (χ0v) is 20.9. The van der Waals surface area contributed by atoms with Gasteiger partial charge in [-0.1, -0.05) is 18.5 Å². The minimum absolute atomic E-state index is 0.00217. The van der Waals surface area contributed by atoms with Gasteiger partial charge in [0.15, 0.2) is 21.4 Å². The topological polar surface area (TPSA) is 86.7 Å². The van der Waals surface area contributed by atoms with Crippen molar-refractivity contribution in [2.24, 2.45) is 5.92 Å². The van der Waals surface area contributed by atoms with Crippen LogP contribution in [0, 0.1) is 17.6 Å². The van der Waals surface area contributed by atoms with Crippen molar-refractivity contribution in [2.45, 2.75) is 41.9 Å². The number of ether oxygens (including phenoxy) is 2. The maximum Gasteiger partial charge on any atom is 0.189 e. The van der Waals surface area contributed by atoms with Crippen LogP contribution in [0.2, 0.25) is 5.02 Å². The van der Waals surface area contributed by atoms with Gasteiger partial charge >= 0.3 is 0 Å². The van der Waals surface area contributed by atoms with Gasteiger partial charge in [-0.15, -0.1) is 0 Å². The lowest BCUT2D eigenvalue weighted by Crippen LogP contribution is -2.57. The van der Waals surface area contributed by atoms with Gasteiger partial charge in [0.25, 0.3) is 0 Å². The van der Waals surface area contributed by atoms with E-state index >= 15 is 4.39 Å². The van der Waals surface area contributed by atoms with E-state index in [1.54, 1.807) is 6.92 Å². The Morgan fingerprint density at radius 3 is 2.41 bits per heavy atom. The van der Waals surface area contributed by atoms with Crippen LogP contribution in [0.15, 0.2) is 41.3 Å². The summed E-state index contributed by atoms with van der Waals surface area (Å²) >= 11 is 5.95. The summed E-state index contributed by atoms with van der Waals surface area (Å²) in [6, 6.07) is 7.34. The standard InChI is InChI=1S/C23H25ClF2O6S2/c1-2-33(27,28)13-3-4-20-17-14-32-22-19(26)10-9-18(25)21(22)23(17,11-12-31-20)34(29,30)16-7-5-15(24)6-8-16/h5-10,17,20H,2-4,11-14H2,1H3/t17-,20-,23-/m0/s1. The maximum absolute atomic E-state index is 15.3. The predicted molar refractivity (Wildman–Crippen MR) is 124 cm³/mol. The minimum Gasteiger partial charge on any atom is -0.490 e. The number of fused-ring (bicyclic) bond motifs is 3.